The Kier molecular flexibility index (Phi) is 6.13. The smallest absolute Gasteiger partial charge is 0.254 e. The van der Waals surface area contributed by atoms with Gasteiger partial charge in [-0.1, -0.05) is 31.7 Å². The number of amides is 1. The fraction of sp³-hybridized carbons (Fsp3) is 0.611. The minimum Gasteiger partial charge on any atom is -0.385 e. The van der Waals surface area contributed by atoms with Crippen molar-refractivity contribution in [1.82, 2.24) is 4.90 Å². The molecule has 3 rings (SSSR count). The number of fused-ring (bicyclic) bond motifs is 1. The van der Waals surface area contributed by atoms with Gasteiger partial charge in [0.15, 0.2) is 0 Å². The van der Waals surface area contributed by atoms with Gasteiger partial charge < -0.3 is 10.2 Å². The van der Waals surface area contributed by atoms with Gasteiger partial charge in [0.05, 0.1) is 0 Å². The fourth-order valence-electron chi connectivity index (χ4n) is 3.71. The third-order valence-corrected chi connectivity index (χ3v) is 5.02. The van der Waals surface area contributed by atoms with Crippen LogP contribution in [0.2, 0.25) is 0 Å². The Morgan fingerprint density at radius 2 is 1.86 bits per heavy atom. The lowest BCUT2D eigenvalue weighted by atomic mass is 9.96. The summed E-state index contributed by atoms with van der Waals surface area (Å²) in [6.45, 7) is 1.02. The van der Waals surface area contributed by atoms with E-state index in [4.69, 9.17) is 0 Å². The number of halogens is 1. The van der Waals surface area contributed by atoms with Gasteiger partial charge in [-0.05, 0) is 43.4 Å². The number of nitrogens with zero attached hydrogens (tertiary/aromatic N) is 1. The minimum atomic E-state index is 0. The highest BCUT2D eigenvalue weighted by atomic mass is 35.5. The van der Waals surface area contributed by atoms with E-state index in [1.807, 2.05) is 24.1 Å². The number of benzene rings is 1. The molecule has 22 heavy (non-hydrogen) atoms. The normalized spacial score (nSPS) is 18.4. The van der Waals surface area contributed by atoms with E-state index in [0.29, 0.717) is 6.04 Å². The molecule has 2 aliphatic rings. The molecule has 0 spiro atoms. The van der Waals surface area contributed by atoms with Crippen LogP contribution < -0.4 is 5.32 Å². The Hall–Kier alpha value is -1.22. The molecule has 1 aliphatic carbocycles. The number of rotatable bonds is 2. The monoisotopic (exact) mass is 322 g/mol. The summed E-state index contributed by atoms with van der Waals surface area (Å²) in [5, 5.41) is 3.42. The first-order valence-corrected chi connectivity index (χ1v) is 8.40. The van der Waals surface area contributed by atoms with Crippen molar-refractivity contribution in [2.24, 2.45) is 0 Å². The highest BCUT2D eigenvalue weighted by Gasteiger charge is 2.25. The van der Waals surface area contributed by atoms with Crippen molar-refractivity contribution in [3.63, 3.8) is 0 Å². The van der Waals surface area contributed by atoms with Crippen LogP contribution in [0.15, 0.2) is 18.2 Å². The second kappa shape index (κ2) is 7.87. The Balaban J connectivity index is 0.00000176. The van der Waals surface area contributed by atoms with Crippen molar-refractivity contribution in [3.8, 4) is 0 Å². The first kappa shape index (κ1) is 17.1. The molecular weight excluding hydrogens is 296 g/mol. The number of carbonyl (C=O) groups excluding carboxylic acids is 1. The summed E-state index contributed by atoms with van der Waals surface area (Å²) in [5.41, 5.74) is 3.28. The molecule has 0 saturated heterocycles. The third-order valence-electron chi connectivity index (χ3n) is 5.02. The Morgan fingerprint density at radius 3 is 2.59 bits per heavy atom. The molecule has 0 unspecified atom stereocenters. The van der Waals surface area contributed by atoms with Gasteiger partial charge in [-0.3, -0.25) is 4.79 Å². The molecule has 1 fully saturated rings. The van der Waals surface area contributed by atoms with Gasteiger partial charge in [0.1, 0.15) is 0 Å². The molecule has 1 aromatic rings. The molecule has 3 nitrogen and oxygen atoms in total. The van der Waals surface area contributed by atoms with E-state index in [0.717, 1.165) is 43.5 Å². The fourth-order valence-corrected chi connectivity index (χ4v) is 3.71. The molecule has 1 N–H and O–H groups in total. The maximum atomic E-state index is 12.9. The van der Waals surface area contributed by atoms with Gasteiger partial charge >= 0.3 is 0 Å². The van der Waals surface area contributed by atoms with Gasteiger partial charge in [0.25, 0.3) is 5.91 Å². The lowest BCUT2D eigenvalue weighted by molar-refractivity contribution is 0.0716. The van der Waals surface area contributed by atoms with Gasteiger partial charge in [0.2, 0.25) is 0 Å². The van der Waals surface area contributed by atoms with Crippen LogP contribution in [0.3, 0.4) is 0 Å². The third kappa shape index (κ3) is 3.57. The van der Waals surface area contributed by atoms with Crippen LogP contribution in [0.4, 0.5) is 5.69 Å². The first-order chi connectivity index (χ1) is 10.3. The zero-order valence-electron chi connectivity index (χ0n) is 13.4. The van der Waals surface area contributed by atoms with Gasteiger partial charge in [-0.15, -0.1) is 12.4 Å². The molecule has 1 heterocycles. The summed E-state index contributed by atoms with van der Waals surface area (Å²) in [4.78, 5) is 14.9. The average molecular weight is 323 g/mol. The van der Waals surface area contributed by atoms with Crippen LogP contribution in [0.5, 0.6) is 0 Å². The summed E-state index contributed by atoms with van der Waals surface area (Å²) in [6, 6.07) is 6.52. The summed E-state index contributed by atoms with van der Waals surface area (Å²) >= 11 is 0. The van der Waals surface area contributed by atoms with Gasteiger partial charge in [-0.25, -0.2) is 0 Å². The SMILES string of the molecule is CN(C(=O)c1cccc2c1CCCN2)C1CCCCCC1.Cl. The topological polar surface area (TPSA) is 32.3 Å². The molecule has 1 aromatic carbocycles. The maximum absolute atomic E-state index is 12.9. The van der Waals surface area contributed by atoms with Crippen molar-refractivity contribution < 1.29 is 4.79 Å². The summed E-state index contributed by atoms with van der Waals surface area (Å²) in [5.74, 6) is 0.211. The molecule has 1 aliphatic heterocycles. The van der Waals surface area contributed by atoms with E-state index in [2.05, 4.69) is 11.4 Å². The van der Waals surface area contributed by atoms with E-state index < -0.39 is 0 Å². The minimum absolute atomic E-state index is 0. The van der Waals surface area contributed by atoms with Crippen LogP contribution in [0.25, 0.3) is 0 Å². The number of hydrogen-bond donors (Lipinski definition) is 1. The zero-order valence-corrected chi connectivity index (χ0v) is 14.3. The molecule has 122 valence electrons. The van der Waals surface area contributed by atoms with Gasteiger partial charge in [0, 0.05) is 30.9 Å². The van der Waals surface area contributed by atoms with Crippen molar-refractivity contribution in [2.45, 2.75) is 57.4 Å². The van der Waals surface area contributed by atoms with Crippen LogP contribution in [-0.2, 0) is 6.42 Å². The van der Waals surface area contributed by atoms with Crippen LogP contribution >= 0.6 is 12.4 Å². The second-order valence-electron chi connectivity index (χ2n) is 6.42. The van der Waals surface area contributed by atoms with Crippen LogP contribution in [0, 0.1) is 0 Å². The van der Waals surface area contributed by atoms with E-state index >= 15 is 0 Å². The second-order valence-corrected chi connectivity index (χ2v) is 6.42. The highest BCUT2D eigenvalue weighted by Crippen LogP contribution is 2.28. The van der Waals surface area contributed by atoms with E-state index in [9.17, 15) is 4.79 Å². The number of nitrogens with one attached hydrogen (secondary N) is 1. The Morgan fingerprint density at radius 1 is 1.14 bits per heavy atom. The predicted molar refractivity (Wildman–Crippen MR) is 94.1 cm³/mol. The van der Waals surface area contributed by atoms with Crippen molar-refractivity contribution in [3.05, 3.63) is 29.3 Å². The average Bonchev–Trinajstić information content (AvgIpc) is 2.82. The number of anilines is 1. The first-order valence-electron chi connectivity index (χ1n) is 8.40. The quantitative estimate of drug-likeness (QED) is 0.825. The number of hydrogen-bond acceptors (Lipinski definition) is 2. The number of carbonyl (C=O) groups is 1. The van der Waals surface area contributed by atoms with Gasteiger partial charge in [-0.2, -0.15) is 0 Å². The Labute approximate surface area is 139 Å². The molecule has 0 aromatic heterocycles. The predicted octanol–water partition coefficient (Wildman–Crippen LogP) is 4.26. The summed E-state index contributed by atoms with van der Waals surface area (Å²) < 4.78 is 0. The van der Waals surface area contributed by atoms with Crippen molar-refractivity contribution in [2.75, 3.05) is 18.9 Å². The molecule has 0 atom stereocenters. The zero-order chi connectivity index (χ0) is 14.7. The molecule has 1 amide bonds. The standard InChI is InChI=1S/C18H26N2O.ClH/c1-20(14-8-4-2-3-5-9-14)18(21)16-10-6-12-17-15(16)11-7-13-19-17;/h6,10,12,14,19H,2-5,7-9,11,13H2,1H3;1H. The maximum Gasteiger partial charge on any atom is 0.254 e. The largest absolute Gasteiger partial charge is 0.385 e. The van der Waals surface area contributed by atoms with Crippen LogP contribution in [-0.4, -0.2) is 30.4 Å². The van der Waals surface area contributed by atoms with E-state index in [1.165, 1.54) is 31.2 Å². The molecular formula is C18H27ClN2O. The Bertz CT molecular complexity index is 510. The molecule has 0 radical (unpaired) electrons. The lowest BCUT2D eigenvalue weighted by Gasteiger charge is -2.29. The van der Waals surface area contributed by atoms with Crippen molar-refractivity contribution in [1.29, 1.82) is 0 Å². The molecule has 0 bridgehead atoms. The van der Waals surface area contributed by atoms with Crippen LogP contribution in [0.1, 0.15) is 60.9 Å². The summed E-state index contributed by atoms with van der Waals surface area (Å²) in [6.07, 6.45) is 9.62. The van der Waals surface area contributed by atoms with E-state index in [1.54, 1.807) is 0 Å². The van der Waals surface area contributed by atoms with Crippen molar-refractivity contribution >= 4 is 24.0 Å². The lowest BCUT2D eigenvalue weighted by Crippen LogP contribution is -2.37. The molecule has 4 heteroatoms. The molecule has 1 saturated carbocycles. The highest BCUT2D eigenvalue weighted by molar-refractivity contribution is 5.97. The van der Waals surface area contributed by atoms with E-state index in [-0.39, 0.29) is 18.3 Å². The summed E-state index contributed by atoms with van der Waals surface area (Å²) in [7, 11) is 1.99.